The van der Waals surface area contributed by atoms with Crippen LogP contribution in [0.4, 0.5) is 0 Å². The molecule has 0 bridgehead atoms. The topological polar surface area (TPSA) is 23.8 Å². The summed E-state index contributed by atoms with van der Waals surface area (Å²) in [4.78, 5) is 0. The number of fused-ring (bicyclic) bond motifs is 2. The Morgan fingerprint density at radius 2 is 2.00 bits per heavy atom. The molecule has 1 saturated carbocycles. The van der Waals surface area contributed by atoms with Crippen LogP contribution in [0.5, 0.6) is 0 Å². The van der Waals surface area contributed by atoms with E-state index in [1.165, 1.54) is 43.2 Å². The van der Waals surface area contributed by atoms with Crippen LogP contribution in [0, 0.1) is 18.3 Å². The van der Waals surface area contributed by atoms with E-state index in [9.17, 15) is 5.26 Å². The van der Waals surface area contributed by atoms with Crippen molar-refractivity contribution in [2.24, 2.45) is 0 Å². The van der Waals surface area contributed by atoms with Crippen molar-refractivity contribution in [2.45, 2.75) is 50.9 Å². The number of hydrogen-bond donors (Lipinski definition) is 0. The first-order chi connectivity index (χ1) is 8.18. The van der Waals surface area contributed by atoms with Crippen LogP contribution in [0.25, 0.3) is 0 Å². The summed E-state index contributed by atoms with van der Waals surface area (Å²) in [5.41, 5.74) is 4.79. The number of hydrogen-bond acceptors (Lipinski definition) is 1. The molecule has 2 aliphatic carbocycles. The largest absolute Gasteiger partial charge is 0.192 e. The van der Waals surface area contributed by atoms with Crippen LogP contribution in [0.15, 0.2) is 6.07 Å². The molecule has 1 aromatic carbocycles. The monoisotopic (exact) mass is 245 g/mol. The van der Waals surface area contributed by atoms with Gasteiger partial charge < -0.3 is 0 Å². The molecule has 0 aliphatic heterocycles. The minimum Gasteiger partial charge on any atom is -0.192 e. The molecule has 0 radical (unpaired) electrons. The van der Waals surface area contributed by atoms with E-state index in [0.29, 0.717) is 0 Å². The van der Waals surface area contributed by atoms with E-state index in [0.717, 1.165) is 22.6 Å². The van der Waals surface area contributed by atoms with Crippen molar-refractivity contribution in [3.63, 3.8) is 0 Å². The van der Waals surface area contributed by atoms with Crippen molar-refractivity contribution in [3.8, 4) is 6.07 Å². The van der Waals surface area contributed by atoms with Gasteiger partial charge in [-0.15, -0.1) is 0 Å². The Hall–Kier alpha value is -1.000. The van der Waals surface area contributed by atoms with E-state index >= 15 is 0 Å². The van der Waals surface area contributed by atoms with Gasteiger partial charge >= 0.3 is 0 Å². The molecule has 0 heterocycles. The predicted molar refractivity (Wildman–Crippen MR) is 69.4 cm³/mol. The average molecular weight is 246 g/mol. The quantitative estimate of drug-likeness (QED) is 0.669. The van der Waals surface area contributed by atoms with Gasteiger partial charge in [0.15, 0.2) is 0 Å². The number of nitriles is 1. The fourth-order valence-corrected chi connectivity index (χ4v) is 4.08. The summed E-state index contributed by atoms with van der Waals surface area (Å²) in [6.45, 7) is 2.00. The van der Waals surface area contributed by atoms with Gasteiger partial charge in [0.05, 0.1) is 11.6 Å². The van der Waals surface area contributed by atoms with E-state index in [4.69, 9.17) is 11.6 Å². The lowest BCUT2D eigenvalue weighted by Gasteiger charge is -2.25. The van der Waals surface area contributed by atoms with E-state index in [2.05, 4.69) is 6.07 Å². The highest BCUT2D eigenvalue weighted by Crippen LogP contribution is 2.53. The zero-order valence-electron chi connectivity index (χ0n) is 10.1. The maximum atomic E-state index is 9.37. The van der Waals surface area contributed by atoms with Crippen LogP contribution in [-0.4, -0.2) is 0 Å². The first-order valence-corrected chi connectivity index (χ1v) is 6.78. The number of halogens is 1. The van der Waals surface area contributed by atoms with Gasteiger partial charge in [-0.25, -0.2) is 0 Å². The van der Waals surface area contributed by atoms with Crippen molar-refractivity contribution in [3.05, 3.63) is 33.3 Å². The molecule has 17 heavy (non-hydrogen) atoms. The second-order valence-corrected chi connectivity index (χ2v) is 5.89. The second kappa shape index (κ2) is 3.75. The van der Waals surface area contributed by atoms with Crippen LogP contribution >= 0.6 is 11.6 Å². The van der Waals surface area contributed by atoms with Gasteiger partial charge in [0, 0.05) is 5.02 Å². The Labute approximate surface area is 107 Å². The van der Waals surface area contributed by atoms with E-state index in [1.807, 2.05) is 13.0 Å². The van der Waals surface area contributed by atoms with Gasteiger partial charge in [-0.2, -0.15) is 5.26 Å². The molecule has 2 aliphatic rings. The SMILES string of the molecule is Cc1cc(C#N)c2c(c1Cl)CCC21CCCC1. The third kappa shape index (κ3) is 1.44. The highest BCUT2D eigenvalue weighted by Gasteiger charge is 2.43. The lowest BCUT2D eigenvalue weighted by Crippen LogP contribution is -2.19. The minimum absolute atomic E-state index is 0.289. The standard InChI is InChI=1S/C15H16ClN/c1-10-8-11(9-17)13-12(14(10)16)4-7-15(13)5-2-3-6-15/h8H,2-7H2,1H3. The van der Waals surface area contributed by atoms with Crippen molar-refractivity contribution in [1.82, 2.24) is 0 Å². The fraction of sp³-hybridized carbons (Fsp3) is 0.533. The Balaban J connectivity index is 2.27. The lowest BCUT2D eigenvalue weighted by atomic mass is 9.78. The van der Waals surface area contributed by atoms with Crippen molar-refractivity contribution in [2.75, 3.05) is 0 Å². The molecule has 0 atom stereocenters. The maximum Gasteiger partial charge on any atom is 0.0994 e. The van der Waals surface area contributed by atoms with Crippen LogP contribution in [-0.2, 0) is 11.8 Å². The third-order valence-corrected chi connectivity index (χ3v) is 5.13. The number of aryl methyl sites for hydroxylation is 1. The smallest absolute Gasteiger partial charge is 0.0994 e. The van der Waals surface area contributed by atoms with Crippen LogP contribution in [0.1, 0.15) is 54.4 Å². The van der Waals surface area contributed by atoms with Gasteiger partial charge in [-0.3, -0.25) is 0 Å². The van der Waals surface area contributed by atoms with Gasteiger partial charge in [0.2, 0.25) is 0 Å². The third-order valence-electron chi connectivity index (χ3n) is 4.61. The molecule has 0 unspecified atom stereocenters. The summed E-state index contributed by atoms with van der Waals surface area (Å²) in [6.07, 6.45) is 7.35. The number of rotatable bonds is 0. The normalized spacial score (nSPS) is 20.5. The van der Waals surface area contributed by atoms with Gasteiger partial charge in [0.25, 0.3) is 0 Å². The summed E-state index contributed by atoms with van der Waals surface area (Å²) in [7, 11) is 0. The molecule has 1 aromatic rings. The molecule has 0 saturated heterocycles. The summed E-state index contributed by atoms with van der Waals surface area (Å²) >= 11 is 6.42. The number of nitrogens with zero attached hydrogens (tertiary/aromatic N) is 1. The highest BCUT2D eigenvalue weighted by atomic mass is 35.5. The second-order valence-electron chi connectivity index (χ2n) is 5.51. The highest BCUT2D eigenvalue weighted by molar-refractivity contribution is 6.32. The minimum atomic E-state index is 0.289. The zero-order chi connectivity index (χ0) is 12.0. The van der Waals surface area contributed by atoms with E-state index in [-0.39, 0.29) is 5.41 Å². The molecule has 3 rings (SSSR count). The maximum absolute atomic E-state index is 9.37. The van der Waals surface area contributed by atoms with Crippen LogP contribution < -0.4 is 0 Å². The molecule has 88 valence electrons. The summed E-state index contributed by atoms with van der Waals surface area (Å²) in [6, 6.07) is 4.37. The summed E-state index contributed by atoms with van der Waals surface area (Å²) in [5.74, 6) is 0. The van der Waals surface area contributed by atoms with E-state index in [1.54, 1.807) is 0 Å². The molecule has 0 aromatic heterocycles. The zero-order valence-corrected chi connectivity index (χ0v) is 10.9. The summed E-state index contributed by atoms with van der Waals surface area (Å²) < 4.78 is 0. The van der Waals surface area contributed by atoms with Gasteiger partial charge in [-0.05, 0) is 60.8 Å². The molecule has 1 spiro atoms. The molecular weight excluding hydrogens is 230 g/mol. The van der Waals surface area contributed by atoms with E-state index < -0.39 is 0 Å². The van der Waals surface area contributed by atoms with Gasteiger partial charge in [0.1, 0.15) is 0 Å². The summed E-state index contributed by atoms with van der Waals surface area (Å²) in [5, 5.41) is 10.3. The Kier molecular flexibility index (Phi) is 2.45. The lowest BCUT2D eigenvalue weighted by molar-refractivity contribution is 0.438. The molecule has 0 N–H and O–H groups in total. The van der Waals surface area contributed by atoms with Crippen molar-refractivity contribution in [1.29, 1.82) is 5.26 Å². The van der Waals surface area contributed by atoms with Crippen LogP contribution in [0.3, 0.4) is 0 Å². The molecular formula is C15H16ClN. The Bertz CT molecular complexity index is 519. The van der Waals surface area contributed by atoms with Crippen molar-refractivity contribution >= 4 is 11.6 Å². The Morgan fingerprint density at radius 1 is 1.29 bits per heavy atom. The van der Waals surface area contributed by atoms with Crippen molar-refractivity contribution < 1.29 is 0 Å². The first kappa shape index (κ1) is 11.1. The van der Waals surface area contributed by atoms with Gasteiger partial charge in [-0.1, -0.05) is 24.4 Å². The predicted octanol–water partition coefficient (Wildman–Crippen LogP) is 4.28. The fourth-order valence-electron chi connectivity index (χ4n) is 3.83. The Morgan fingerprint density at radius 3 is 2.65 bits per heavy atom. The molecule has 1 nitrogen and oxygen atoms in total. The first-order valence-electron chi connectivity index (χ1n) is 6.40. The number of benzene rings is 1. The molecule has 2 heteroatoms. The van der Waals surface area contributed by atoms with Crippen LogP contribution in [0.2, 0.25) is 5.02 Å². The molecule has 0 amide bonds. The molecule has 1 fully saturated rings. The average Bonchev–Trinajstić information content (AvgIpc) is 2.94.